The Labute approximate surface area is 238 Å². The first kappa shape index (κ1) is 28.4. The Morgan fingerprint density at radius 3 is 2.17 bits per heavy atom. The van der Waals surface area contributed by atoms with Gasteiger partial charge in [-0.2, -0.15) is 0 Å². The number of carboxylic acids is 2. The Kier molecular flexibility index (Phi) is 8.72. The Morgan fingerprint density at radius 1 is 0.829 bits per heavy atom. The minimum absolute atomic E-state index is 0.219. The number of piperazine rings is 1. The molecule has 0 bridgehead atoms. The molecule has 0 radical (unpaired) electrons. The number of aromatic nitrogens is 1. The summed E-state index contributed by atoms with van der Waals surface area (Å²) in [7, 11) is 0. The molecule has 2 N–H and O–H groups in total. The summed E-state index contributed by atoms with van der Waals surface area (Å²) in [6, 6.07) is 16.0. The van der Waals surface area contributed by atoms with E-state index < -0.39 is 11.9 Å². The van der Waals surface area contributed by atoms with E-state index in [0.717, 1.165) is 63.6 Å². The van der Waals surface area contributed by atoms with E-state index in [2.05, 4.69) is 54.6 Å². The quantitative estimate of drug-likeness (QED) is 0.439. The van der Waals surface area contributed by atoms with Crippen LogP contribution in [0, 0.1) is 5.82 Å². The van der Waals surface area contributed by atoms with Crippen molar-refractivity contribution >= 4 is 34.6 Å². The summed E-state index contributed by atoms with van der Waals surface area (Å²) in [6.07, 6.45) is 6.97. The fraction of sp³-hybridized carbons (Fsp3) is 0.433. The highest BCUT2D eigenvalue weighted by Gasteiger charge is 2.35. The molecular formula is C30H36FN5O5. The van der Waals surface area contributed by atoms with Gasteiger partial charge in [0.2, 0.25) is 0 Å². The maximum absolute atomic E-state index is 13.4. The summed E-state index contributed by atoms with van der Waals surface area (Å²) in [6.45, 7) is 7.52. The van der Waals surface area contributed by atoms with Crippen LogP contribution in [0.25, 0.3) is 16.6 Å². The largest absolute Gasteiger partial charge is 0.473 e. The standard InChI is InChI=1S/C28H34FN5O.C2H2O4/c29-22-8-10-24(11-9-22)33-13-12-25-26(6-3-7-27(25)33)31-17-14-30(15-18-31)16-19-32-20-21-34(28(32)35)23-4-1-2-5-23;3-1(4)2(5)6/h3,6-13,23H,1-2,4-5,14-21H2;(H,3,4)(H,5,6). The molecule has 2 saturated heterocycles. The second kappa shape index (κ2) is 12.6. The molecule has 3 fully saturated rings. The Bertz CT molecular complexity index is 1370. The molecule has 10 nitrogen and oxygen atoms in total. The number of hydrogen-bond donors (Lipinski definition) is 2. The smallest absolute Gasteiger partial charge is 0.414 e. The Morgan fingerprint density at radius 2 is 1.51 bits per heavy atom. The highest BCUT2D eigenvalue weighted by atomic mass is 19.1. The fourth-order valence-corrected chi connectivity index (χ4v) is 6.09. The molecule has 41 heavy (non-hydrogen) atoms. The number of hydrogen-bond acceptors (Lipinski definition) is 5. The summed E-state index contributed by atoms with van der Waals surface area (Å²) in [5.74, 6) is -3.87. The summed E-state index contributed by atoms with van der Waals surface area (Å²) in [5.41, 5.74) is 3.35. The van der Waals surface area contributed by atoms with Crippen LogP contribution in [0.15, 0.2) is 54.7 Å². The van der Waals surface area contributed by atoms with Crippen LogP contribution in [-0.4, -0.2) is 106 Å². The molecule has 2 aliphatic heterocycles. The van der Waals surface area contributed by atoms with Crippen LogP contribution in [0.3, 0.4) is 0 Å². The second-order valence-corrected chi connectivity index (χ2v) is 10.7. The monoisotopic (exact) mass is 565 g/mol. The van der Waals surface area contributed by atoms with E-state index in [1.807, 2.05) is 12.1 Å². The SMILES string of the molecule is O=C(O)C(=O)O.O=C1N(CCN2CCN(c3cccc4c3ccn4-c3ccc(F)cc3)CC2)CCN1C1CCCC1. The minimum atomic E-state index is -1.82. The summed E-state index contributed by atoms with van der Waals surface area (Å²) in [5, 5.41) is 16.0. The lowest BCUT2D eigenvalue weighted by Gasteiger charge is -2.37. The minimum Gasteiger partial charge on any atom is -0.473 e. The zero-order valence-corrected chi connectivity index (χ0v) is 23.0. The number of rotatable bonds is 6. The average molecular weight is 566 g/mol. The number of amides is 2. The Hall–Kier alpha value is -4.12. The topological polar surface area (TPSA) is 110 Å². The predicted octanol–water partition coefficient (Wildman–Crippen LogP) is 3.73. The molecule has 0 atom stereocenters. The number of carbonyl (C=O) groups is 3. The second-order valence-electron chi connectivity index (χ2n) is 10.7. The highest BCUT2D eigenvalue weighted by Crippen LogP contribution is 2.31. The van der Waals surface area contributed by atoms with Crippen LogP contribution in [0.4, 0.5) is 14.9 Å². The molecule has 218 valence electrons. The molecule has 1 aromatic heterocycles. The molecule has 1 aliphatic carbocycles. The van der Waals surface area contributed by atoms with Crippen molar-refractivity contribution in [2.75, 3.05) is 57.3 Å². The maximum atomic E-state index is 13.4. The lowest BCUT2D eigenvalue weighted by atomic mass is 10.1. The van der Waals surface area contributed by atoms with Crippen molar-refractivity contribution in [3.63, 3.8) is 0 Å². The third kappa shape index (κ3) is 6.45. The zero-order chi connectivity index (χ0) is 28.9. The van der Waals surface area contributed by atoms with Gasteiger partial charge >= 0.3 is 18.0 Å². The summed E-state index contributed by atoms with van der Waals surface area (Å²) in [4.78, 5) is 40.2. The fourth-order valence-electron chi connectivity index (χ4n) is 6.09. The van der Waals surface area contributed by atoms with Gasteiger partial charge in [0, 0.05) is 81.4 Å². The van der Waals surface area contributed by atoms with Gasteiger partial charge < -0.3 is 29.5 Å². The number of fused-ring (bicyclic) bond motifs is 1. The molecule has 6 rings (SSSR count). The number of urea groups is 1. The van der Waals surface area contributed by atoms with E-state index >= 15 is 0 Å². The first-order chi connectivity index (χ1) is 19.8. The van der Waals surface area contributed by atoms with Crippen LogP contribution < -0.4 is 4.90 Å². The molecule has 2 amide bonds. The average Bonchev–Trinajstić information content (AvgIpc) is 3.73. The summed E-state index contributed by atoms with van der Waals surface area (Å²) < 4.78 is 15.5. The van der Waals surface area contributed by atoms with E-state index in [9.17, 15) is 9.18 Å². The van der Waals surface area contributed by atoms with Crippen molar-refractivity contribution in [2.45, 2.75) is 31.7 Å². The number of anilines is 1. The van der Waals surface area contributed by atoms with Crippen molar-refractivity contribution in [1.29, 1.82) is 0 Å². The van der Waals surface area contributed by atoms with Crippen molar-refractivity contribution in [3.8, 4) is 5.69 Å². The number of carbonyl (C=O) groups excluding carboxylic acids is 1. The van der Waals surface area contributed by atoms with Gasteiger partial charge in [0.1, 0.15) is 5.82 Å². The van der Waals surface area contributed by atoms with Crippen LogP contribution in [0.5, 0.6) is 0 Å². The normalized spacial score (nSPS) is 18.2. The van der Waals surface area contributed by atoms with Gasteiger partial charge in [0.25, 0.3) is 0 Å². The van der Waals surface area contributed by atoms with Crippen LogP contribution in [0.1, 0.15) is 25.7 Å². The maximum Gasteiger partial charge on any atom is 0.414 e. The zero-order valence-electron chi connectivity index (χ0n) is 23.0. The van der Waals surface area contributed by atoms with E-state index in [1.165, 1.54) is 48.9 Å². The van der Waals surface area contributed by atoms with Gasteiger partial charge in [-0.05, 0) is 55.3 Å². The number of aliphatic carboxylic acids is 2. The molecule has 2 aromatic carbocycles. The molecule has 11 heteroatoms. The van der Waals surface area contributed by atoms with Crippen molar-refractivity contribution in [3.05, 3.63) is 60.5 Å². The lowest BCUT2D eigenvalue weighted by Crippen LogP contribution is -2.49. The molecule has 0 unspecified atom stereocenters. The van der Waals surface area contributed by atoms with Crippen LogP contribution in [-0.2, 0) is 9.59 Å². The molecule has 3 aliphatic rings. The van der Waals surface area contributed by atoms with Crippen molar-refractivity contribution in [1.82, 2.24) is 19.3 Å². The summed E-state index contributed by atoms with van der Waals surface area (Å²) >= 11 is 0. The third-order valence-corrected chi connectivity index (χ3v) is 8.29. The molecule has 1 saturated carbocycles. The van der Waals surface area contributed by atoms with E-state index in [-0.39, 0.29) is 11.8 Å². The van der Waals surface area contributed by atoms with E-state index in [4.69, 9.17) is 19.8 Å². The van der Waals surface area contributed by atoms with Crippen LogP contribution in [0.2, 0.25) is 0 Å². The van der Waals surface area contributed by atoms with Gasteiger partial charge in [-0.25, -0.2) is 18.8 Å². The van der Waals surface area contributed by atoms with Gasteiger partial charge in [-0.3, -0.25) is 4.90 Å². The number of carboxylic acid groups (broad SMARTS) is 2. The van der Waals surface area contributed by atoms with Gasteiger partial charge in [-0.15, -0.1) is 0 Å². The highest BCUT2D eigenvalue weighted by molar-refractivity contribution is 6.27. The molecule has 3 aromatic rings. The van der Waals surface area contributed by atoms with Crippen molar-refractivity contribution in [2.24, 2.45) is 0 Å². The van der Waals surface area contributed by atoms with E-state index in [0.29, 0.717) is 6.04 Å². The van der Waals surface area contributed by atoms with Gasteiger partial charge in [0.15, 0.2) is 0 Å². The molecule has 0 spiro atoms. The van der Waals surface area contributed by atoms with Crippen molar-refractivity contribution < 1.29 is 29.0 Å². The lowest BCUT2D eigenvalue weighted by molar-refractivity contribution is -0.159. The third-order valence-electron chi connectivity index (χ3n) is 8.29. The first-order valence-corrected chi connectivity index (χ1v) is 14.2. The number of halogens is 1. The van der Waals surface area contributed by atoms with Gasteiger partial charge in [0.05, 0.1) is 5.52 Å². The molecular weight excluding hydrogens is 529 g/mol. The first-order valence-electron chi connectivity index (χ1n) is 14.2. The molecule has 3 heterocycles. The van der Waals surface area contributed by atoms with E-state index in [1.54, 1.807) is 0 Å². The Balaban J connectivity index is 0.000000511. The van der Waals surface area contributed by atoms with Gasteiger partial charge in [-0.1, -0.05) is 18.9 Å². The number of benzene rings is 2. The number of nitrogens with zero attached hydrogens (tertiary/aromatic N) is 5. The predicted molar refractivity (Wildman–Crippen MR) is 153 cm³/mol. The van der Waals surface area contributed by atoms with Crippen LogP contribution >= 0.6 is 0 Å².